The van der Waals surface area contributed by atoms with Crippen molar-refractivity contribution in [3.8, 4) is 5.75 Å². The van der Waals surface area contributed by atoms with Gasteiger partial charge < -0.3 is 15.2 Å². The lowest BCUT2D eigenvalue weighted by molar-refractivity contribution is -0.143. The van der Waals surface area contributed by atoms with Crippen LogP contribution in [0.4, 0.5) is 8.78 Å². The number of rotatable bonds is 6. The average Bonchev–Trinajstić information content (AvgIpc) is 2.31. The number of esters is 1. The van der Waals surface area contributed by atoms with E-state index in [1.165, 1.54) is 18.2 Å². The molecule has 114 valence electrons. The van der Waals surface area contributed by atoms with Gasteiger partial charge in [-0.25, -0.2) is 0 Å². The minimum atomic E-state index is -2.98. The zero-order valence-corrected chi connectivity index (χ0v) is 12.2. The average molecular weight is 330 g/mol. The van der Waals surface area contributed by atoms with Crippen molar-refractivity contribution in [2.75, 3.05) is 6.61 Å². The van der Waals surface area contributed by atoms with Crippen molar-refractivity contribution in [2.24, 2.45) is 5.73 Å². The number of benzene rings is 1. The molecule has 0 fully saturated rings. The van der Waals surface area contributed by atoms with Gasteiger partial charge in [0.15, 0.2) is 0 Å². The summed E-state index contributed by atoms with van der Waals surface area (Å²) in [6.45, 7) is -1.09. The molecular weight excluding hydrogens is 315 g/mol. The second-order valence-electron chi connectivity index (χ2n) is 3.68. The van der Waals surface area contributed by atoms with Crippen LogP contribution in [0.2, 0.25) is 5.02 Å². The van der Waals surface area contributed by atoms with Gasteiger partial charge in [0.2, 0.25) is 0 Å². The fourth-order valence-corrected chi connectivity index (χ4v) is 1.70. The molecule has 0 aliphatic carbocycles. The summed E-state index contributed by atoms with van der Waals surface area (Å²) in [6, 6.07) is 3.25. The van der Waals surface area contributed by atoms with Gasteiger partial charge in [-0.05, 0) is 25.1 Å². The lowest BCUT2D eigenvalue weighted by Crippen LogP contribution is -2.18. The van der Waals surface area contributed by atoms with Gasteiger partial charge in [-0.15, -0.1) is 12.4 Å². The smallest absolute Gasteiger partial charge is 0.387 e. The molecule has 0 aliphatic rings. The molecule has 4 nitrogen and oxygen atoms in total. The largest absolute Gasteiger partial charge is 0.466 e. The van der Waals surface area contributed by atoms with E-state index in [2.05, 4.69) is 4.74 Å². The Hall–Kier alpha value is -1.11. The predicted octanol–water partition coefficient (Wildman–Crippen LogP) is 3.32. The molecule has 1 rings (SSSR count). The summed E-state index contributed by atoms with van der Waals surface area (Å²) in [5.74, 6) is -0.617. The molecule has 20 heavy (non-hydrogen) atoms. The van der Waals surface area contributed by atoms with E-state index in [0.717, 1.165) is 0 Å². The normalized spacial score (nSPS) is 11.7. The molecule has 0 aromatic heterocycles. The molecule has 1 aromatic carbocycles. The zero-order chi connectivity index (χ0) is 14.4. The Balaban J connectivity index is 0.00000361. The van der Waals surface area contributed by atoms with E-state index in [1.807, 2.05) is 0 Å². The summed E-state index contributed by atoms with van der Waals surface area (Å²) < 4.78 is 33.6. The molecule has 0 heterocycles. The molecule has 2 N–H and O–H groups in total. The van der Waals surface area contributed by atoms with Crippen LogP contribution in [-0.2, 0) is 9.53 Å². The van der Waals surface area contributed by atoms with Crippen LogP contribution in [0.15, 0.2) is 18.2 Å². The predicted molar refractivity (Wildman–Crippen MR) is 73.5 cm³/mol. The fourth-order valence-electron chi connectivity index (χ4n) is 1.52. The molecule has 0 spiro atoms. The molecule has 8 heteroatoms. The SMILES string of the molecule is CCOC(=O)C[C@@H](N)c1cc(Cl)ccc1OC(F)F.Cl. The summed E-state index contributed by atoms with van der Waals surface area (Å²) in [5.41, 5.74) is 6.02. The number of carbonyl (C=O) groups is 1. The number of hydrogen-bond donors (Lipinski definition) is 1. The first-order valence-corrected chi connectivity index (χ1v) is 5.97. The monoisotopic (exact) mass is 329 g/mol. The molecule has 1 aromatic rings. The third kappa shape index (κ3) is 5.90. The van der Waals surface area contributed by atoms with Crippen molar-refractivity contribution in [1.82, 2.24) is 0 Å². The summed E-state index contributed by atoms with van der Waals surface area (Å²) in [6.07, 6.45) is -0.145. The standard InChI is InChI=1S/C12H14ClF2NO3.ClH/c1-2-18-11(17)6-9(16)8-5-7(13)3-4-10(8)19-12(14)15;/h3-5,9,12H,2,6,16H2,1H3;1H/t9-;/m1./s1. The minimum absolute atomic E-state index is 0. The summed E-state index contributed by atoms with van der Waals surface area (Å²) >= 11 is 5.78. The molecule has 0 amide bonds. The molecule has 1 atom stereocenters. The third-order valence-corrected chi connectivity index (χ3v) is 2.51. The number of alkyl halides is 2. The molecular formula is C12H15Cl2F2NO3. The zero-order valence-electron chi connectivity index (χ0n) is 10.6. The highest BCUT2D eigenvalue weighted by Crippen LogP contribution is 2.30. The Bertz CT molecular complexity index is 447. The molecule has 0 saturated carbocycles. The number of ether oxygens (including phenoxy) is 2. The van der Waals surface area contributed by atoms with Gasteiger partial charge in [0.25, 0.3) is 0 Å². The molecule has 0 aliphatic heterocycles. The van der Waals surface area contributed by atoms with Gasteiger partial charge >= 0.3 is 12.6 Å². The Labute approximate surface area is 126 Å². The summed E-state index contributed by atoms with van der Waals surface area (Å²) in [5, 5.41) is 0.316. The first-order chi connectivity index (χ1) is 8.93. The van der Waals surface area contributed by atoms with E-state index in [1.54, 1.807) is 6.92 Å². The molecule has 0 radical (unpaired) electrons. The van der Waals surface area contributed by atoms with Gasteiger partial charge in [-0.3, -0.25) is 4.79 Å². The van der Waals surface area contributed by atoms with E-state index in [0.29, 0.717) is 5.02 Å². The van der Waals surface area contributed by atoms with Gasteiger partial charge in [-0.1, -0.05) is 11.6 Å². The highest BCUT2D eigenvalue weighted by molar-refractivity contribution is 6.30. The quantitative estimate of drug-likeness (QED) is 0.813. The van der Waals surface area contributed by atoms with E-state index in [4.69, 9.17) is 22.1 Å². The van der Waals surface area contributed by atoms with Crippen molar-refractivity contribution in [3.05, 3.63) is 28.8 Å². The van der Waals surface area contributed by atoms with Crippen LogP contribution in [0, 0.1) is 0 Å². The van der Waals surface area contributed by atoms with Crippen molar-refractivity contribution in [2.45, 2.75) is 26.0 Å². The number of carbonyl (C=O) groups excluding carboxylic acids is 1. The van der Waals surface area contributed by atoms with E-state index < -0.39 is 18.6 Å². The maximum absolute atomic E-state index is 12.3. The first-order valence-electron chi connectivity index (χ1n) is 5.59. The highest BCUT2D eigenvalue weighted by Gasteiger charge is 2.19. The Morgan fingerprint density at radius 1 is 1.45 bits per heavy atom. The number of hydrogen-bond acceptors (Lipinski definition) is 4. The summed E-state index contributed by atoms with van der Waals surface area (Å²) in [7, 11) is 0. The van der Waals surface area contributed by atoms with Crippen LogP contribution in [0.3, 0.4) is 0 Å². The second-order valence-corrected chi connectivity index (χ2v) is 4.11. The Kier molecular flexibility index (Phi) is 8.45. The van der Waals surface area contributed by atoms with Crippen molar-refractivity contribution < 1.29 is 23.0 Å². The Morgan fingerprint density at radius 3 is 2.65 bits per heavy atom. The van der Waals surface area contributed by atoms with Crippen LogP contribution in [0.25, 0.3) is 0 Å². The van der Waals surface area contributed by atoms with Crippen LogP contribution in [0.1, 0.15) is 24.9 Å². The fraction of sp³-hybridized carbons (Fsp3) is 0.417. The lowest BCUT2D eigenvalue weighted by atomic mass is 10.0. The first kappa shape index (κ1) is 18.9. The topological polar surface area (TPSA) is 61.5 Å². The van der Waals surface area contributed by atoms with Gasteiger partial charge in [0.1, 0.15) is 5.75 Å². The maximum Gasteiger partial charge on any atom is 0.387 e. The number of nitrogens with two attached hydrogens (primary N) is 1. The second kappa shape index (κ2) is 8.94. The molecule has 0 saturated heterocycles. The lowest BCUT2D eigenvalue weighted by Gasteiger charge is -2.16. The van der Waals surface area contributed by atoms with Crippen LogP contribution < -0.4 is 10.5 Å². The van der Waals surface area contributed by atoms with Gasteiger partial charge in [0, 0.05) is 16.6 Å². The van der Waals surface area contributed by atoms with Crippen LogP contribution >= 0.6 is 24.0 Å². The van der Waals surface area contributed by atoms with Crippen molar-refractivity contribution >= 4 is 30.0 Å². The molecule has 0 bridgehead atoms. The summed E-state index contributed by atoms with van der Waals surface area (Å²) in [4.78, 5) is 11.3. The van der Waals surface area contributed by atoms with Gasteiger partial charge in [-0.2, -0.15) is 8.78 Å². The highest BCUT2D eigenvalue weighted by atomic mass is 35.5. The van der Waals surface area contributed by atoms with Gasteiger partial charge in [0.05, 0.1) is 13.0 Å². The number of halogens is 4. The maximum atomic E-state index is 12.3. The van der Waals surface area contributed by atoms with Crippen LogP contribution in [0.5, 0.6) is 5.75 Å². The van der Waals surface area contributed by atoms with E-state index in [9.17, 15) is 13.6 Å². The van der Waals surface area contributed by atoms with E-state index >= 15 is 0 Å². The Morgan fingerprint density at radius 2 is 2.10 bits per heavy atom. The third-order valence-electron chi connectivity index (χ3n) is 2.28. The minimum Gasteiger partial charge on any atom is -0.466 e. The van der Waals surface area contributed by atoms with Crippen molar-refractivity contribution in [1.29, 1.82) is 0 Å². The van der Waals surface area contributed by atoms with Crippen molar-refractivity contribution in [3.63, 3.8) is 0 Å². The molecule has 0 unspecified atom stereocenters. The van der Waals surface area contributed by atoms with E-state index in [-0.39, 0.29) is 36.7 Å². The van der Waals surface area contributed by atoms with Crippen LogP contribution in [-0.4, -0.2) is 19.2 Å².